The molecular formula is C17H14ClN3O6. The van der Waals surface area contributed by atoms with Crippen molar-refractivity contribution in [2.24, 2.45) is 0 Å². The van der Waals surface area contributed by atoms with E-state index in [9.17, 15) is 19.7 Å². The molecule has 4 rings (SSSR count). The Balaban J connectivity index is 1.51. The van der Waals surface area contributed by atoms with Crippen LogP contribution in [-0.2, 0) is 0 Å². The first-order chi connectivity index (χ1) is 12.9. The highest BCUT2D eigenvalue weighted by Gasteiger charge is 2.29. The summed E-state index contributed by atoms with van der Waals surface area (Å²) >= 11 is 6.03. The fourth-order valence-corrected chi connectivity index (χ4v) is 3.54. The predicted molar refractivity (Wildman–Crippen MR) is 95.0 cm³/mol. The van der Waals surface area contributed by atoms with Crippen molar-refractivity contribution in [1.29, 1.82) is 0 Å². The Morgan fingerprint density at radius 2 is 1.93 bits per heavy atom. The fraction of sp³-hybridized carbons (Fsp3) is 0.294. The van der Waals surface area contributed by atoms with Gasteiger partial charge >= 0.3 is 11.6 Å². The van der Waals surface area contributed by atoms with E-state index in [2.05, 4.69) is 0 Å². The number of furan rings is 1. The van der Waals surface area contributed by atoms with E-state index in [1.165, 1.54) is 6.07 Å². The lowest BCUT2D eigenvalue weighted by molar-refractivity contribution is -0.402. The number of carbonyl (C=O) groups is 1. The summed E-state index contributed by atoms with van der Waals surface area (Å²) in [5.41, 5.74) is 1.09. The molecule has 0 saturated carbocycles. The molecule has 2 aromatic heterocycles. The molecule has 1 fully saturated rings. The molecule has 3 heterocycles. The van der Waals surface area contributed by atoms with Crippen LogP contribution in [0.3, 0.4) is 0 Å². The molecule has 1 saturated heterocycles. The highest BCUT2D eigenvalue weighted by molar-refractivity contribution is 6.31. The van der Waals surface area contributed by atoms with Gasteiger partial charge in [0.1, 0.15) is 4.92 Å². The lowest BCUT2D eigenvalue weighted by Crippen LogP contribution is -2.40. The molecule has 10 heteroatoms. The number of rotatable bonds is 3. The van der Waals surface area contributed by atoms with Crippen molar-refractivity contribution in [2.45, 2.75) is 18.9 Å². The number of hydrogen-bond acceptors (Lipinski definition) is 6. The van der Waals surface area contributed by atoms with Crippen molar-refractivity contribution in [3.05, 3.63) is 61.8 Å². The van der Waals surface area contributed by atoms with Crippen molar-refractivity contribution in [3.8, 4) is 0 Å². The molecule has 1 amide bonds. The van der Waals surface area contributed by atoms with Crippen molar-refractivity contribution < 1.29 is 18.6 Å². The van der Waals surface area contributed by atoms with E-state index < -0.39 is 22.5 Å². The first-order valence-corrected chi connectivity index (χ1v) is 8.66. The number of hydrogen-bond donors (Lipinski definition) is 0. The molecule has 0 bridgehead atoms. The van der Waals surface area contributed by atoms with E-state index in [0.717, 1.165) is 6.07 Å². The molecule has 9 nitrogen and oxygen atoms in total. The third-order valence-electron chi connectivity index (χ3n) is 4.67. The Bertz CT molecular complexity index is 1090. The summed E-state index contributed by atoms with van der Waals surface area (Å²) in [6.45, 7) is 0.773. The van der Waals surface area contributed by atoms with E-state index >= 15 is 0 Å². The normalized spacial score (nSPS) is 15.4. The topological polar surface area (TPSA) is 112 Å². The molecule has 0 N–H and O–H groups in total. The Hall–Kier alpha value is -3.07. The molecule has 0 spiro atoms. The van der Waals surface area contributed by atoms with E-state index in [1.807, 2.05) is 0 Å². The first-order valence-electron chi connectivity index (χ1n) is 8.28. The summed E-state index contributed by atoms with van der Waals surface area (Å²) in [6.07, 6.45) is 1.07. The average Bonchev–Trinajstić information content (AvgIpc) is 3.25. The van der Waals surface area contributed by atoms with Crippen LogP contribution < -0.4 is 5.76 Å². The molecule has 0 atom stereocenters. The monoisotopic (exact) mass is 391 g/mol. The van der Waals surface area contributed by atoms with Gasteiger partial charge in [-0.25, -0.2) is 4.79 Å². The summed E-state index contributed by atoms with van der Waals surface area (Å²) in [7, 11) is 0. The lowest BCUT2D eigenvalue weighted by Gasteiger charge is -2.31. The highest BCUT2D eigenvalue weighted by atomic mass is 35.5. The van der Waals surface area contributed by atoms with Crippen molar-refractivity contribution in [3.63, 3.8) is 0 Å². The van der Waals surface area contributed by atoms with Gasteiger partial charge in [-0.3, -0.25) is 19.5 Å². The fourth-order valence-electron chi connectivity index (χ4n) is 3.38. The minimum Gasteiger partial charge on any atom is -0.408 e. The lowest BCUT2D eigenvalue weighted by atomic mass is 10.0. The molecule has 27 heavy (non-hydrogen) atoms. The van der Waals surface area contributed by atoms with Crippen LogP contribution in [0, 0.1) is 10.1 Å². The third kappa shape index (κ3) is 3.10. The van der Waals surface area contributed by atoms with E-state index in [1.54, 1.807) is 27.7 Å². The van der Waals surface area contributed by atoms with Crippen molar-refractivity contribution in [2.75, 3.05) is 13.1 Å². The van der Waals surface area contributed by atoms with Crippen LogP contribution in [0.25, 0.3) is 11.1 Å². The van der Waals surface area contributed by atoms with Crippen LogP contribution in [0.5, 0.6) is 0 Å². The number of nitro groups is 1. The van der Waals surface area contributed by atoms with Gasteiger partial charge in [-0.2, -0.15) is 0 Å². The molecule has 1 aromatic carbocycles. The second kappa shape index (κ2) is 6.58. The maximum absolute atomic E-state index is 12.5. The Labute approximate surface area is 156 Å². The SMILES string of the molecule is O=C(c1ccc([N+](=O)[O-])o1)N1CCC(n2c(=O)oc3ccc(Cl)cc32)CC1. The first kappa shape index (κ1) is 17.3. The molecule has 140 valence electrons. The molecule has 1 aliphatic heterocycles. The summed E-state index contributed by atoms with van der Waals surface area (Å²) in [5, 5.41) is 11.2. The van der Waals surface area contributed by atoms with E-state index in [4.69, 9.17) is 20.4 Å². The van der Waals surface area contributed by atoms with E-state index in [0.29, 0.717) is 42.1 Å². The van der Waals surface area contributed by atoms with Gasteiger partial charge in [0.2, 0.25) is 0 Å². The number of carbonyl (C=O) groups excluding carboxylic acids is 1. The van der Waals surface area contributed by atoms with Crippen LogP contribution in [-0.4, -0.2) is 33.4 Å². The minimum atomic E-state index is -0.690. The summed E-state index contributed by atoms with van der Waals surface area (Å²) < 4.78 is 11.8. The predicted octanol–water partition coefficient (Wildman–Crippen LogP) is 3.23. The number of piperidine rings is 1. The van der Waals surface area contributed by atoms with Crippen LogP contribution >= 0.6 is 11.6 Å². The van der Waals surface area contributed by atoms with Crippen LogP contribution in [0.4, 0.5) is 5.88 Å². The highest BCUT2D eigenvalue weighted by Crippen LogP contribution is 2.28. The molecule has 0 unspecified atom stereocenters. The van der Waals surface area contributed by atoms with Crippen molar-refractivity contribution in [1.82, 2.24) is 9.47 Å². The Kier molecular flexibility index (Phi) is 4.23. The van der Waals surface area contributed by atoms with Gasteiger partial charge in [-0.1, -0.05) is 11.6 Å². The molecule has 1 aliphatic rings. The molecule has 0 radical (unpaired) electrons. The number of likely N-dealkylation sites (tertiary alicyclic amines) is 1. The maximum atomic E-state index is 12.5. The number of halogens is 1. The standard InChI is InChI=1S/C17H14ClN3O6/c18-10-1-2-13-12(9-10)20(17(23)27-13)11-5-7-19(8-6-11)16(22)14-3-4-15(26-14)21(24)25/h1-4,9,11H,5-8H2. The van der Waals surface area contributed by atoms with Crippen molar-refractivity contribution >= 4 is 34.5 Å². The van der Waals surface area contributed by atoms with Gasteiger partial charge in [0.15, 0.2) is 11.3 Å². The Morgan fingerprint density at radius 1 is 1.19 bits per heavy atom. The number of fused-ring (bicyclic) bond motifs is 1. The Morgan fingerprint density at radius 3 is 2.59 bits per heavy atom. The largest absolute Gasteiger partial charge is 0.433 e. The molecular weight excluding hydrogens is 378 g/mol. The van der Waals surface area contributed by atoms with E-state index in [-0.39, 0.29) is 11.8 Å². The quantitative estimate of drug-likeness (QED) is 0.500. The molecule has 3 aromatic rings. The number of amides is 1. The number of oxazole rings is 1. The number of benzene rings is 1. The van der Waals surface area contributed by atoms with Gasteiger partial charge < -0.3 is 13.7 Å². The van der Waals surface area contributed by atoms with Gasteiger partial charge in [0, 0.05) is 24.2 Å². The summed E-state index contributed by atoms with van der Waals surface area (Å²) in [4.78, 5) is 36.3. The van der Waals surface area contributed by atoms with Crippen LogP contribution in [0.1, 0.15) is 29.4 Å². The summed E-state index contributed by atoms with van der Waals surface area (Å²) in [6, 6.07) is 7.30. The zero-order valence-corrected chi connectivity index (χ0v) is 14.7. The minimum absolute atomic E-state index is 0.0714. The smallest absolute Gasteiger partial charge is 0.408 e. The third-order valence-corrected chi connectivity index (χ3v) is 4.91. The van der Waals surface area contributed by atoms with Gasteiger partial charge in [-0.15, -0.1) is 0 Å². The zero-order chi connectivity index (χ0) is 19.1. The van der Waals surface area contributed by atoms with Crippen LogP contribution in [0.15, 0.2) is 44.0 Å². The summed E-state index contributed by atoms with van der Waals surface area (Å²) in [5.74, 6) is -1.41. The van der Waals surface area contributed by atoms with Crippen LogP contribution in [0.2, 0.25) is 5.02 Å². The number of nitrogens with zero attached hydrogens (tertiary/aromatic N) is 3. The average molecular weight is 392 g/mol. The molecule has 0 aliphatic carbocycles. The second-order valence-corrected chi connectivity index (χ2v) is 6.70. The van der Waals surface area contributed by atoms with Gasteiger partial charge in [-0.05, 0) is 37.1 Å². The van der Waals surface area contributed by atoms with Gasteiger partial charge in [0.25, 0.3) is 5.91 Å². The number of aromatic nitrogens is 1. The zero-order valence-electron chi connectivity index (χ0n) is 14.0. The maximum Gasteiger partial charge on any atom is 0.433 e. The second-order valence-electron chi connectivity index (χ2n) is 6.27. The van der Waals surface area contributed by atoms with Gasteiger partial charge in [0.05, 0.1) is 11.6 Å².